The first-order valence-corrected chi connectivity index (χ1v) is 16.0. The van der Waals surface area contributed by atoms with Crippen LogP contribution in [0.25, 0.3) is 11.3 Å². The molecule has 0 atom stereocenters. The van der Waals surface area contributed by atoms with Crippen LogP contribution in [0, 0.1) is 19.7 Å². The predicted octanol–water partition coefficient (Wildman–Crippen LogP) is 6.68. The van der Waals surface area contributed by atoms with Gasteiger partial charge in [0.05, 0.1) is 24.6 Å². The van der Waals surface area contributed by atoms with E-state index < -0.39 is 11.9 Å². The molecule has 254 valence electrons. The van der Waals surface area contributed by atoms with E-state index in [1.807, 2.05) is 58.0 Å². The number of likely N-dealkylation sites (N-methyl/N-ethyl adjacent to an activating group) is 1. The van der Waals surface area contributed by atoms with Gasteiger partial charge in [-0.25, -0.2) is 14.2 Å². The molecule has 5 rings (SSSR count). The van der Waals surface area contributed by atoms with Crippen LogP contribution in [0.2, 0.25) is 0 Å². The number of aromatic nitrogens is 2. The fraction of sp³-hybridized carbons (Fsp3) is 0.361. The minimum Gasteiger partial charge on any atom is -0.493 e. The number of carbonyl (C=O) groups is 1. The Labute approximate surface area is 281 Å². The second-order valence-corrected chi connectivity index (χ2v) is 12.0. The molecule has 3 aromatic carbocycles. The lowest BCUT2D eigenvalue weighted by atomic mass is 10.0. The molecule has 1 fully saturated rings. The normalized spacial score (nSPS) is 13.7. The lowest BCUT2D eigenvalue weighted by molar-refractivity contribution is 0.133. The van der Waals surface area contributed by atoms with Crippen LogP contribution < -0.4 is 29.6 Å². The van der Waals surface area contributed by atoms with E-state index in [9.17, 15) is 9.18 Å². The average Bonchev–Trinajstić information content (AvgIpc) is 3.04. The van der Waals surface area contributed by atoms with Gasteiger partial charge in [0.1, 0.15) is 18.2 Å². The van der Waals surface area contributed by atoms with E-state index in [0.717, 1.165) is 49.4 Å². The maximum atomic E-state index is 13.9. The van der Waals surface area contributed by atoms with Gasteiger partial charge in [-0.1, -0.05) is 18.2 Å². The molecule has 1 aliphatic heterocycles. The molecule has 0 aliphatic carbocycles. The van der Waals surface area contributed by atoms with Crippen molar-refractivity contribution in [3.05, 3.63) is 77.6 Å². The van der Waals surface area contributed by atoms with Crippen LogP contribution in [0.1, 0.15) is 25.0 Å². The summed E-state index contributed by atoms with van der Waals surface area (Å²) >= 11 is 0. The van der Waals surface area contributed by atoms with Crippen LogP contribution in [0.15, 0.2) is 60.7 Å². The first-order valence-electron chi connectivity index (χ1n) is 16.0. The first kappa shape index (κ1) is 34.4. The Bertz CT molecular complexity index is 1730. The Morgan fingerprint density at radius 3 is 2.50 bits per heavy atom. The molecular weight excluding hydrogens is 615 g/mol. The van der Waals surface area contributed by atoms with Crippen molar-refractivity contribution < 1.29 is 28.1 Å². The number of hydrogen-bond acceptors (Lipinski definition) is 10. The van der Waals surface area contributed by atoms with Gasteiger partial charge >= 0.3 is 6.09 Å². The topological polar surface area (TPSA) is 110 Å². The van der Waals surface area contributed by atoms with E-state index in [2.05, 4.69) is 32.5 Å². The van der Waals surface area contributed by atoms with Crippen molar-refractivity contribution in [2.75, 3.05) is 64.1 Å². The highest BCUT2D eigenvalue weighted by Gasteiger charge is 2.18. The fourth-order valence-electron chi connectivity index (χ4n) is 5.23. The van der Waals surface area contributed by atoms with Gasteiger partial charge in [-0.3, -0.25) is 10.2 Å². The molecule has 1 saturated heterocycles. The van der Waals surface area contributed by atoms with Gasteiger partial charge in [0.2, 0.25) is 11.8 Å². The number of hydrogen-bond donors (Lipinski definition) is 2. The van der Waals surface area contributed by atoms with Crippen LogP contribution in [0.3, 0.4) is 0 Å². The van der Waals surface area contributed by atoms with E-state index in [1.165, 1.54) is 18.2 Å². The summed E-state index contributed by atoms with van der Waals surface area (Å²) in [6.45, 7) is 13.2. The van der Waals surface area contributed by atoms with E-state index in [1.54, 1.807) is 19.2 Å². The summed E-state index contributed by atoms with van der Waals surface area (Å²) in [6, 6.07) is 16.8. The number of nitrogens with zero attached hydrogens (tertiary/aromatic N) is 4. The van der Waals surface area contributed by atoms with Crippen LogP contribution >= 0.6 is 0 Å². The highest BCUT2D eigenvalue weighted by atomic mass is 19.1. The maximum absolute atomic E-state index is 13.9. The Morgan fingerprint density at radius 1 is 0.958 bits per heavy atom. The average molecular weight is 659 g/mol. The lowest BCUT2D eigenvalue weighted by Gasteiger charge is -2.32. The molecule has 0 saturated carbocycles. The minimum atomic E-state index is -0.827. The van der Waals surface area contributed by atoms with E-state index >= 15 is 0 Å². The number of piperazine rings is 1. The van der Waals surface area contributed by atoms with Crippen molar-refractivity contribution in [1.29, 1.82) is 0 Å². The summed E-state index contributed by atoms with van der Waals surface area (Å²) in [7, 11) is 3.73. The highest BCUT2D eigenvalue weighted by molar-refractivity contribution is 5.88. The van der Waals surface area contributed by atoms with E-state index in [0.29, 0.717) is 29.5 Å². The highest BCUT2D eigenvalue weighted by Crippen LogP contribution is 2.33. The number of aryl methyl sites for hydroxylation is 1. The van der Waals surface area contributed by atoms with Crippen molar-refractivity contribution >= 4 is 23.4 Å². The molecule has 0 unspecified atom stereocenters. The third-order valence-corrected chi connectivity index (χ3v) is 8.00. The molecule has 0 radical (unpaired) electrons. The summed E-state index contributed by atoms with van der Waals surface area (Å²) in [4.78, 5) is 27.0. The zero-order valence-electron chi connectivity index (χ0n) is 28.3. The summed E-state index contributed by atoms with van der Waals surface area (Å²) in [5, 5.41) is 5.85. The molecule has 0 spiro atoms. The van der Waals surface area contributed by atoms with Gasteiger partial charge in [-0.2, -0.15) is 4.98 Å². The Kier molecular flexibility index (Phi) is 11.3. The molecule has 48 heavy (non-hydrogen) atoms. The van der Waals surface area contributed by atoms with Gasteiger partial charge in [-0.05, 0) is 70.1 Å². The smallest absolute Gasteiger partial charge is 0.418 e. The summed E-state index contributed by atoms with van der Waals surface area (Å²) in [5.74, 6) is 1.08. The number of nitrogens with one attached hydrogen (secondary N) is 2. The molecule has 1 aliphatic rings. The standard InChI is InChI=1S/C36H43FN6O5/c1-23(2)47-32-20-26(37)10-12-29(32)40-36(44)48-34-22-30(28-9-7-8-24(3)25(28)4)39-35(41-34)38-27-11-13-31(33(21-27)45-6)46-19-18-43-16-14-42(5)15-17-43/h7-13,20-23H,14-19H2,1-6H3,(H,40,44)(H,38,39,41). The third-order valence-electron chi connectivity index (χ3n) is 8.00. The fourth-order valence-corrected chi connectivity index (χ4v) is 5.23. The number of anilines is 3. The zero-order chi connectivity index (χ0) is 34.2. The number of rotatable bonds is 12. The zero-order valence-corrected chi connectivity index (χ0v) is 28.3. The molecule has 12 heteroatoms. The summed E-state index contributed by atoms with van der Waals surface area (Å²) in [6.07, 6.45) is -1.06. The number of carbonyl (C=O) groups excluding carboxylic acids is 1. The van der Waals surface area contributed by atoms with Gasteiger partial charge in [-0.15, -0.1) is 0 Å². The van der Waals surface area contributed by atoms with E-state index in [4.69, 9.17) is 23.9 Å². The number of halogens is 1. The van der Waals surface area contributed by atoms with Crippen LogP contribution in [0.5, 0.6) is 23.1 Å². The predicted molar refractivity (Wildman–Crippen MR) is 184 cm³/mol. The van der Waals surface area contributed by atoms with Crippen molar-refractivity contribution in [1.82, 2.24) is 19.8 Å². The number of amides is 1. The van der Waals surface area contributed by atoms with Gasteiger partial charge in [0.15, 0.2) is 11.5 Å². The van der Waals surface area contributed by atoms with Gasteiger partial charge < -0.3 is 29.2 Å². The molecular formula is C36H43FN6O5. The summed E-state index contributed by atoms with van der Waals surface area (Å²) < 4.78 is 36.9. The molecule has 4 aromatic rings. The molecule has 0 bridgehead atoms. The SMILES string of the molecule is COc1cc(Nc2nc(OC(=O)Nc3ccc(F)cc3OC(C)C)cc(-c3cccc(C)c3C)n2)ccc1OCCN1CCN(C)CC1. The third kappa shape index (κ3) is 9.11. The van der Waals surface area contributed by atoms with Crippen molar-refractivity contribution in [2.24, 2.45) is 0 Å². The molecule has 11 nitrogen and oxygen atoms in total. The van der Waals surface area contributed by atoms with Crippen molar-refractivity contribution in [2.45, 2.75) is 33.8 Å². The Morgan fingerprint density at radius 2 is 1.75 bits per heavy atom. The Balaban J connectivity index is 1.36. The van der Waals surface area contributed by atoms with Crippen molar-refractivity contribution in [3.8, 4) is 34.4 Å². The van der Waals surface area contributed by atoms with Crippen LogP contribution in [-0.2, 0) is 0 Å². The quantitative estimate of drug-likeness (QED) is 0.171. The largest absolute Gasteiger partial charge is 0.493 e. The Hall–Kier alpha value is -4.94. The van der Waals surface area contributed by atoms with Crippen LogP contribution in [0.4, 0.5) is 26.5 Å². The molecule has 2 N–H and O–H groups in total. The molecule has 1 aromatic heterocycles. The number of benzene rings is 3. The second-order valence-electron chi connectivity index (χ2n) is 12.0. The first-order chi connectivity index (χ1) is 23.1. The molecule has 2 heterocycles. The maximum Gasteiger partial charge on any atom is 0.418 e. The second kappa shape index (κ2) is 15.8. The van der Waals surface area contributed by atoms with E-state index in [-0.39, 0.29) is 29.4 Å². The summed E-state index contributed by atoms with van der Waals surface area (Å²) in [5.41, 5.74) is 4.43. The molecule has 1 amide bonds. The number of ether oxygens (including phenoxy) is 4. The monoisotopic (exact) mass is 658 g/mol. The van der Waals surface area contributed by atoms with Gasteiger partial charge in [0.25, 0.3) is 0 Å². The van der Waals surface area contributed by atoms with Crippen LogP contribution in [-0.4, -0.2) is 85.5 Å². The van der Waals surface area contributed by atoms with Crippen molar-refractivity contribution in [3.63, 3.8) is 0 Å². The minimum absolute atomic E-state index is 0.00479. The van der Waals surface area contributed by atoms with Gasteiger partial charge in [0, 0.05) is 62.2 Å². The lowest BCUT2D eigenvalue weighted by Crippen LogP contribution is -2.45. The number of methoxy groups -OCH3 is 1.